The summed E-state index contributed by atoms with van der Waals surface area (Å²) < 4.78 is 6.65. The lowest BCUT2D eigenvalue weighted by molar-refractivity contribution is 0.196. The lowest BCUT2D eigenvalue weighted by Gasteiger charge is -2.38. The molecule has 0 N–H and O–H groups in total. The molecule has 1 aromatic carbocycles. The third kappa shape index (κ3) is 2.99. The zero-order valence-corrected chi connectivity index (χ0v) is 16.2. The van der Waals surface area contributed by atoms with E-state index in [1.165, 1.54) is 12.0 Å². The SMILES string of the molecule is CC(C)(C)[Si](C)(C)OC[C@]1(Cc2ccccc2)CC12C=CC=C2. The van der Waals surface area contributed by atoms with Gasteiger partial charge in [-0.1, -0.05) is 75.4 Å². The Morgan fingerprint density at radius 3 is 2.22 bits per heavy atom. The summed E-state index contributed by atoms with van der Waals surface area (Å²) in [6.07, 6.45) is 11.5. The van der Waals surface area contributed by atoms with Gasteiger partial charge >= 0.3 is 0 Å². The maximum atomic E-state index is 6.65. The van der Waals surface area contributed by atoms with Crippen LogP contribution >= 0.6 is 0 Å². The standard InChI is InChI=1S/C21H30OSi/c1-19(2,3)23(4,5)22-17-21(15-18-11-7-6-8-12-18)16-20(21)13-9-10-14-20/h6-14H,15-17H2,1-5H3/t21-/m0/s1. The molecule has 0 radical (unpaired) electrons. The molecular formula is C21H30OSi. The zero-order chi connectivity index (χ0) is 16.8. The van der Waals surface area contributed by atoms with Gasteiger partial charge in [-0.15, -0.1) is 0 Å². The monoisotopic (exact) mass is 326 g/mol. The average Bonchev–Trinajstić information content (AvgIpc) is 2.82. The van der Waals surface area contributed by atoms with E-state index in [1.807, 2.05) is 0 Å². The van der Waals surface area contributed by atoms with E-state index >= 15 is 0 Å². The first-order chi connectivity index (χ1) is 10.7. The molecule has 0 aromatic heterocycles. The molecule has 1 aromatic rings. The van der Waals surface area contributed by atoms with Gasteiger partial charge < -0.3 is 4.43 Å². The molecule has 2 aliphatic carbocycles. The third-order valence-electron chi connectivity index (χ3n) is 6.29. The molecule has 0 aliphatic heterocycles. The summed E-state index contributed by atoms with van der Waals surface area (Å²) >= 11 is 0. The second kappa shape index (κ2) is 5.46. The van der Waals surface area contributed by atoms with E-state index in [1.54, 1.807) is 0 Å². The summed E-state index contributed by atoms with van der Waals surface area (Å²) in [7, 11) is -1.71. The van der Waals surface area contributed by atoms with Crippen molar-refractivity contribution in [2.24, 2.45) is 10.8 Å². The fraction of sp³-hybridized carbons (Fsp3) is 0.524. The minimum Gasteiger partial charge on any atom is -0.416 e. The molecule has 1 saturated carbocycles. The molecule has 23 heavy (non-hydrogen) atoms. The van der Waals surface area contributed by atoms with Gasteiger partial charge in [0.15, 0.2) is 8.32 Å². The van der Waals surface area contributed by atoms with Crippen LogP contribution in [0, 0.1) is 10.8 Å². The Bertz CT molecular complexity index is 609. The molecule has 1 fully saturated rings. The van der Waals surface area contributed by atoms with Gasteiger partial charge in [0.25, 0.3) is 0 Å². The topological polar surface area (TPSA) is 9.23 Å². The fourth-order valence-corrected chi connectivity index (χ4v) is 4.55. The number of rotatable bonds is 5. The number of benzene rings is 1. The van der Waals surface area contributed by atoms with Crippen LogP contribution in [-0.4, -0.2) is 14.9 Å². The van der Waals surface area contributed by atoms with Crippen LogP contribution in [0.25, 0.3) is 0 Å². The Morgan fingerprint density at radius 2 is 1.65 bits per heavy atom. The largest absolute Gasteiger partial charge is 0.416 e. The molecule has 1 nitrogen and oxygen atoms in total. The van der Waals surface area contributed by atoms with Crippen LogP contribution in [0.15, 0.2) is 54.6 Å². The summed E-state index contributed by atoms with van der Waals surface area (Å²) in [6, 6.07) is 10.9. The lowest BCUT2D eigenvalue weighted by atomic mass is 9.88. The molecule has 124 valence electrons. The van der Waals surface area contributed by atoms with Crippen LogP contribution in [-0.2, 0) is 10.8 Å². The lowest BCUT2D eigenvalue weighted by Crippen LogP contribution is -2.43. The molecule has 2 aliphatic rings. The molecule has 0 bridgehead atoms. The summed E-state index contributed by atoms with van der Waals surface area (Å²) in [4.78, 5) is 0. The minimum absolute atomic E-state index is 0.241. The van der Waals surface area contributed by atoms with Gasteiger partial charge in [0, 0.05) is 17.4 Å². The van der Waals surface area contributed by atoms with Crippen molar-refractivity contribution in [2.45, 2.75) is 51.7 Å². The van der Waals surface area contributed by atoms with Gasteiger partial charge in [-0.05, 0) is 36.5 Å². The molecule has 0 amide bonds. The van der Waals surface area contributed by atoms with Crippen molar-refractivity contribution in [3.8, 4) is 0 Å². The van der Waals surface area contributed by atoms with E-state index in [2.05, 4.69) is 88.5 Å². The number of hydrogen-bond acceptors (Lipinski definition) is 1. The number of hydrogen-bond donors (Lipinski definition) is 0. The maximum Gasteiger partial charge on any atom is 0.192 e. The first-order valence-corrected chi connectivity index (χ1v) is 11.7. The smallest absolute Gasteiger partial charge is 0.192 e. The second-order valence-corrected chi connectivity index (χ2v) is 13.7. The number of allylic oxidation sites excluding steroid dienone is 4. The molecule has 3 rings (SSSR count). The minimum atomic E-state index is -1.71. The van der Waals surface area contributed by atoms with Gasteiger partial charge in [-0.25, -0.2) is 0 Å². The van der Waals surface area contributed by atoms with Gasteiger partial charge in [0.05, 0.1) is 0 Å². The van der Waals surface area contributed by atoms with Crippen molar-refractivity contribution in [3.05, 3.63) is 60.2 Å². The molecule has 0 unspecified atom stereocenters. The fourth-order valence-electron chi connectivity index (χ4n) is 3.48. The van der Waals surface area contributed by atoms with Gasteiger partial charge in [-0.2, -0.15) is 0 Å². The van der Waals surface area contributed by atoms with Crippen LogP contribution in [0.2, 0.25) is 18.1 Å². The maximum absolute atomic E-state index is 6.65. The van der Waals surface area contributed by atoms with Gasteiger partial charge in [-0.3, -0.25) is 0 Å². The van der Waals surface area contributed by atoms with Crippen molar-refractivity contribution in [1.82, 2.24) is 0 Å². The first kappa shape index (κ1) is 16.7. The molecule has 1 atom stereocenters. The van der Waals surface area contributed by atoms with Crippen molar-refractivity contribution < 1.29 is 4.43 Å². The summed E-state index contributed by atoms with van der Waals surface area (Å²) in [5.41, 5.74) is 1.91. The molecule has 0 heterocycles. The Morgan fingerprint density at radius 1 is 1.04 bits per heavy atom. The van der Waals surface area contributed by atoms with Crippen molar-refractivity contribution in [3.63, 3.8) is 0 Å². The Kier molecular flexibility index (Phi) is 3.97. The first-order valence-electron chi connectivity index (χ1n) is 8.75. The second-order valence-electron chi connectivity index (χ2n) is 8.93. The average molecular weight is 327 g/mol. The normalized spacial score (nSPS) is 25.3. The predicted octanol–water partition coefficient (Wildman–Crippen LogP) is 5.75. The van der Waals surface area contributed by atoms with Crippen LogP contribution in [0.5, 0.6) is 0 Å². The van der Waals surface area contributed by atoms with E-state index in [9.17, 15) is 0 Å². The Hall–Kier alpha value is -1.12. The highest BCUT2D eigenvalue weighted by molar-refractivity contribution is 6.74. The van der Waals surface area contributed by atoms with E-state index in [-0.39, 0.29) is 15.9 Å². The van der Waals surface area contributed by atoms with Gasteiger partial charge in [0.1, 0.15) is 0 Å². The van der Waals surface area contributed by atoms with E-state index in [4.69, 9.17) is 4.43 Å². The van der Waals surface area contributed by atoms with Crippen molar-refractivity contribution >= 4 is 8.32 Å². The van der Waals surface area contributed by atoms with E-state index < -0.39 is 8.32 Å². The predicted molar refractivity (Wildman–Crippen MR) is 101 cm³/mol. The Balaban J connectivity index is 1.79. The van der Waals surface area contributed by atoms with E-state index in [0.717, 1.165) is 13.0 Å². The van der Waals surface area contributed by atoms with Gasteiger partial charge in [0.2, 0.25) is 0 Å². The van der Waals surface area contributed by atoms with Crippen molar-refractivity contribution in [2.75, 3.05) is 6.61 Å². The van der Waals surface area contributed by atoms with Crippen molar-refractivity contribution in [1.29, 1.82) is 0 Å². The highest BCUT2D eigenvalue weighted by atomic mass is 28.4. The van der Waals surface area contributed by atoms with Crippen LogP contribution < -0.4 is 0 Å². The highest BCUT2D eigenvalue weighted by Crippen LogP contribution is 2.69. The molecule has 0 saturated heterocycles. The summed E-state index contributed by atoms with van der Waals surface area (Å²) in [5.74, 6) is 0. The molecule has 2 heteroatoms. The summed E-state index contributed by atoms with van der Waals surface area (Å²) in [5, 5.41) is 0.268. The third-order valence-corrected chi connectivity index (χ3v) is 10.8. The van der Waals surface area contributed by atoms with Crippen LogP contribution in [0.4, 0.5) is 0 Å². The highest BCUT2D eigenvalue weighted by Gasteiger charge is 2.65. The quantitative estimate of drug-likeness (QED) is 0.626. The van der Waals surface area contributed by atoms with Crippen LogP contribution in [0.1, 0.15) is 32.8 Å². The zero-order valence-electron chi connectivity index (χ0n) is 15.2. The van der Waals surface area contributed by atoms with E-state index in [0.29, 0.717) is 0 Å². The molecule has 1 spiro atoms. The summed E-state index contributed by atoms with van der Waals surface area (Å²) in [6.45, 7) is 12.6. The Labute approximate surface area is 142 Å². The molecular weight excluding hydrogens is 296 g/mol. The van der Waals surface area contributed by atoms with Crippen LogP contribution in [0.3, 0.4) is 0 Å².